The van der Waals surface area contributed by atoms with Gasteiger partial charge in [0.2, 0.25) is 5.91 Å². The SMILES string of the molecule is Cc1cc(C)c(NC(=O)CSc2nc3ccc([N+](=O)[O-])cc3s2)c(C)c1. The van der Waals surface area contributed by atoms with Gasteiger partial charge in [-0.1, -0.05) is 29.5 Å². The Morgan fingerprint density at radius 1 is 1.23 bits per heavy atom. The zero-order valence-electron chi connectivity index (χ0n) is 14.5. The summed E-state index contributed by atoms with van der Waals surface area (Å²) in [6, 6.07) is 8.65. The number of aryl methyl sites for hydroxylation is 3. The smallest absolute Gasteiger partial charge is 0.270 e. The van der Waals surface area contributed by atoms with E-state index in [9.17, 15) is 14.9 Å². The topological polar surface area (TPSA) is 85.1 Å². The third-order valence-electron chi connectivity index (χ3n) is 3.83. The van der Waals surface area contributed by atoms with Gasteiger partial charge in [0.25, 0.3) is 5.69 Å². The summed E-state index contributed by atoms with van der Waals surface area (Å²) in [5, 5.41) is 13.8. The first-order valence-electron chi connectivity index (χ1n) is 7.89. The van der Waals surface area contributed by atoms with E-state index in [1.54, 1.807) is 6.07 Å². The number of amides is 1. The number of nitrogens with one attached hydrogen (secondary N) is 1. The molecule has 0 saturated heterocycles. The van der Waals surface area contributed by atoms with Crippen molar-refractivity contribution in [3.05, 3.63) is 57.1 Å². The maximum atomic E-state index is 12.3. The largest absolute Gasteiger partial charge is 0.325 e. The van der Waals surface area contributed by atoms with Gasteiger partial charge in [0, 0.05) is 17.8 Å². The predicted molar refractivity (Wildman–Crippen MR) is 106 cm³/mol. The Kier molecular flexibility index (Phi) is 5.24. The summed E-state index contributed by atoms with van der Waals surface area (Å²) >= 11 is 2.68. The summed E-state index contributed by atoms with van der Waals surface area (Å²) < 4.78 is 1.46. The van der Waals surface area contributed by atoms with E-state index in [-0.39, 0.29) is 17.3 Å². The van der Waals surface area contributed by atoms with Crippen LogP contribution in [0.4, 0.5) is 11.4 Å². The highest BCUT2D eigenvalue weighted by Gasteiger charge is 2.13. The van der Waals surface area contributed by atoms with Gasteiger partial charge in [0.15, 0.2) is 4.34 Å². The van der Waals surface area contributed by atoms with Crippen LogP contribution < -0.4 is 5.32 Å². The molecule has 0 unspecified atom stereocenters. The summed E-state index contributed by atoms with van der Waals surface area (Å²) in [5.74, 6) is 0.129. The molecule has 0 radical (unpaired) electrons. The number of hydrogen-bond donors (Lipinski definition) is 1. The number of nitro benzene ring substituents is 1. The number of benzene rings is 2. The number of anilines is 1. The Morgan fingerprint density at radius 2 is 1.92 bits per heavy atom. The van der Waals surface area contributed by atoms with Crippen molar-refractivity contribution in [2.24, 2.45) is 0 Å². The molecule has 0 atom stereocenters. The number of rotatable bonds is 5. The minimum absolute atomic E-state index is 0.0424. The molecule has 0 fully saturated rings. The quantitative estimate of drug-likeness (QED) is 0.384. The van der Waals surface area contributed by atoms with Gasteiger partial charge in [0.05, 0.1) is 20.9 Å². The molecule has 1 amide bonds. The van der Waals surface area contributed by atoms with Crippen molar-refractivity contribution in [1.29, 1.82) is 0 Å². The van der Waals surface area contributed by atoms with Crippen molar-refractivity contribution in [1.82, 2.24) is 4.98 Å². The highest BCUT2D eigenvalue weighted by molar-refractivity contribution is 8.01. The lowest BCUT2D eigenvalue weighted by molar-refractivity contribution is -0.384. The van der Waals surface area contributed by atoms with Crippen LogP contribution in [0.1, 0.15) is 16.7 Å². The first-order valence-corrected chi connectivity index (χ1v) is 9.69. The van der Waals surface area contributed by atoms with Crippen LogP contribution in [0.2, 0.25) is 0 Å². The molecule has 8 heteroatoms. The highest BCUT2D eigenvalue weighted by atomic mass is 32.2. The van der Waals surface area contributed by atoms with Gasteiger partial charge in [-0.25, -0.2) is 4.98 Å². The van der Waals surface area contributed by atoms with E-state index in [0.29, 0.717) is 9.86 Å². The van der Waals surface area contributed by atoms with Crippen molar-refractivity contribution in [3.63, 3.8) is 0 Å². The molecule has 1 aromatic heterocycles. The molecule has 134 valence electrons. The van der Waals surface area contributed by atoms with Crippen LogP contribution >= 0.6 is 23.1 Å². The highest BCUT2D eigenvalue weighted by Crippen LogP contribution is 2.32. The second-order valence-corrected chi connectivity index (χ2v) is 8.25. The second kappa shape index (κ2) is 7.43. The van der Waals surface area contributed by atoms with Crippen molar-refractivity contribution in [2.45, 2.75) is 25.1 Å². The third-order valence-corrected chi connectivity index (χ3v) is 5.99. The monoisotopic (exact) mass is 387 g/mol. The lowest BCUT2D eigenvalue weighted by Crippen LogP contribution is -2.15. The van der Waals surface area contributed by atoms with Crippen LogP contribution in [-0.4, -0.2) is 21.6 Å². The minimum Gasteiger partial charge on any atom is -0.325 e. The Bertz CT molecular complexity index is 991. The van der Waals surface area contributed by atoms with Crippen molar-refractivity contribution in [3.8, 4) is 0 Å². The Hall–Kier alpha value is -2.45. The van der Waals surface area contributed by atoms with Gasteiger partial charge in [-0.2, -0.15) is 0 Å². The zero-order valence-corrected chi connectivity index (χ0v) is 16.2. The molecule has 3 rings (SSSR count). The number of thiazole rings is 1. The summed E-state index contributed by atoms with van der Waals surface area (Å²) in [4.78, 5) is 27.1. The van der Waals surface area contributed by atoms with Crippen LogP contribution in [0.15, 0.2) is 34.7 Å². The lowest BCUT2D eigenvalue weighted by Gasteiger charge is -2.12. The van der Waals surface area contributed by atoms with Crippen LogP contribution in [0, 0.1) is 30.9 Å². The summed E-state index contributed by atoms with van der Waals surface area (Å²) in [6.07, 6.45) is 0. The Balaban J connectivity index is 1.68. The van der Waals surface area contributed by atoms with E-state index < -0.39 is 4.92 Å². The molecule has 0 bridgehead atoms. The average Bonchev–Trinajstić information content (AvgIpc) is 2.98. The first kappa shape index (κ1) is 18.3. The summed E-state index contributed by atoms with van der Waals surface area (Å²) in [6.45, 7) is 5.98. The molecule has 6 nitrogen and oxygen atoms in total. The molecule has 3 aromatic rings. The van der Waals surface area contributed by atoms with E-state index >= 15 is 0 Å². The minimum atomic E-state index is -0.425. The van der Waals surface area contributed by atoms with E-state index in [0.717, 1.165) is 27.1 Å². The maximum Gasteiger partial charge on any atom is 0.270 e. The molecule has 1 heterocycles. The number of non-ortho nitro benzene ring substituents is 1. The van der Waals surface area contributed by atoms with Crippen molar-refractivity contribution in [2.75, 3.05) is 11.1 Å². The Labute approximate surface area is 158 Å². The molecular formula is C18H17N3O3S2. The van der Waals surface area contributed by atoms with Crippen molar-refractivity contribution < 1.29 is 9.72 Å². The molecule has 2 aromatic carbocycles. The van der Waals surface area contributed by atoms with E-state index in [4.69, 9.17) is 0 Å². The predicted octanol–water partition coefficient (Wildman–Crippen LogP) is 4.86. The number of carbonyl (C=O) groups is 1. The van der Waals surface area contributed by atoms with Gasteiger partial charge >= 0.3 is 0 Å². The first-order chi connectivity index (χ1) is 12.3. The fourth-order valence-electron chi connectivity index (χ4n) is 2.75. The van der Waals surface area contributed by atoms with Crippen molar-refractivity contribution >= 4 is 50.6 Å². The number of aromatic nitrogens is 1. The maximum absolute atomic E-state index is 12.3. The molecule has 0 saturated carbocycles. The fraction of sp³-hybridized carbons (Fsp3) is 0.222. The van der Waals surface area contributed by atoms with Crippen LogP contribution in [0.3, 0.4) is 0 Å². The average molecular weight is 387 g/mol. The van der Waals surface area contributed by atoms with Gasteiger partial charge < -0.3 is 5.32 Å². The van der Waals surface area contributed by atoms with E-state index in [1.807, 2.05) is 32.9 Å². The second-order valence-electron chi connectivity index (χ2n) is 6.00. The van der Waals surface area contributed by atoms with E-state index in [1.165, 1.54) is 35.2 Å². The number of carbonyl (C=O) groups excluding carboxylic acids is 1. The van der Waals surface area contributed by atoms with Gasteiger partial charge in [-0.3, -0.25) is 14.9 Å². The third kappa shape index (κ3) is 4.03. The molecule has 0 spiro atoms. The standard InChI is InChI=1S/C18H17N3O3S2/c1-10-6-11(2)17(12(3)7-10)20-16(22)9-25-18-19-14-5-4-13(21(23)24)8-15(14)26-18/h4-8H,9H2,1-3H3,(H,20,22). The molecule has 0 aliphatic rings. The number of nitro groups is 1. The molecule has 0 aliphatic carbocycles. The lowest BCUT2D eigenvalue weighted by atomic mass is 10.1. The molecular weight excluding hydrogens is 370 g/mol. The normalized spacial score (nSPS) is 10.9. The molecule has 26 heavy (non-hydrogen) atoms. The van der Waals surface area contributed by atoms with Crippen LogP contribution in [0.5, 0.6) is 0 Å². The summed E-state index contributed by atoms with van der Waals surface area (Å²) in [7, 11) is 0. The number of nitrogens with zero attached hydrogens (tertiary/aromatic N) is 2. The number of hydrogen-bond acceptors (Lipinski definition) is 6. The van der Waals surface area contributed by atoms with Crippen LogP contribution in [-0.2, 0) is 4.79 Å². The van der Waals surface area contributed by atoms with Gasteiger partial charge in [0.1, 0.15) is 0 Å². The zero-order chi connectivity index (χ0) is 18.8. The van der Waals surface area contributed by atoms with E-state index in [2.05, 4.69) is 10.3 Å². The number of fused-ring (bicyclic) bond motifs is 1. The van der Waals surface area contributed by atoms with Gasteiger partial charge in [-0.05, 0) is 38.0 Å². The van der Waals surface area contributed by atoms with Crippen LogP contribution in [0.25, 0.3) is 10.2 Å². The Morgan fingerprint density at radius 3 is 2.58 bits per heavy atom. The number of thioether (sulfide) groups is 1. The molecule has 0 aliphatic heterocycles. The van der Waals surface area contributed by atoms with Gasteiger partial charge in [-0.15, -0.1) is 11.3 Å². The molecule has 1 N–H and O–H groups in total. The summed E-state index contributed by atoms with van der Waals surface area (Å²) in [5.41, 5.74) is 4.83. The fourth-order valence-corrected chi connectivity index (χ4v) is 4.65.